The molecule has 2 aromatic carbocycles. The van der Waals surface area contributed by atoms with E-state index >= 15 is 0 Å². The zero-order valence-corrected chi connectivity index (χ0v) is 19.4. The number of Topliss-reactive ketones (excluding diaryl/α,β-unsaturated/α-hetero) is 1. The van der Waals surface area contributed by atoms with Gasteiger partial charge in [0.1, 0.15) is 11.6 Å². The number of carbonyl (C=O) groups is 3. The Morgan fingerprint density at radius 3 is 2.49 bits per heavy atom. The summed E-state index contributed by atoms with van der Waals surface area (Å²) >= 11 is 0. The number of nitrogens with zero attached hydrogens (tertiary/aromatic N) is 1. The number of urea groups is 1. The first kappa shape index (κ1) is 24.5. The summed E-state index contributed by atoms with van der Waals surface area (Å²) in [6, 6.07) is 11.0. The quantitative estimate of drug-likeness (QED) is 0.463. The van der Waals surface area contributed by atoms with Crippen LogP contribution in [0.1, 0.15) is 41.7 Å². The van der Waals surface area contributed by atoms with E-state index in [0.717, 1.165) is 23.8 Å². The third kappa shape index (κ3) is 5.57. The highest BCUT2D eigenvalue weighted by Gasteiger charge is 2.35. The van der Waals surface area contributed by atoms with Gasteiger partial charge >= 0.3 is 12.0 Å². The second kappa shape index (κ2) is 10.8. The highest BCUT2D eigenvalue weighted by Crippen LogP contribution is 2.29. The predicted octanol–water partition coefficient (Wildman–Crippen LogP) is 3.73. The molecule has 35 heavy (non-hydrogen) atoms. The zero-order valence-electron chi connectivity index (χ0n) is 19.4. The number of ether oxygens (including phenoxy) is 1. The molecule has 4 rings (SSSR count). The van der Waals surface area contributed by atoms with Crippen molar-refractivity contribution in [1.82, 2.24) is 15.5 Å². The molecular formula is C26H27F2N3O4. The Kier molecular flexibility index (Phi) is 7.55. The molecule has 2 amide bonds. The van der Waals surface area contributed by atoms with Crippen LogP contribution in [-0.4, -0.2) is 48.9 Å². The summed E-state index contributed by atoms with van der Waals surface area (Å²) < 4.78 is 32.9. The van der Waals surface area contributed by atoms with E-state index in [2.05, 4.69) is 10.6 Å². The van der Waals surface area contributed by atoms with E-state index in [1.165, 1.54) is 0 Å². The summed E-state index contributed by atoms with van der Waals surface area (Å²) in [5, 5.41) is 5.56. The van der Waals surface area contributed by atoms with Crippen molar-refractivity contribution in [1.29, 1.82) is 0 Å². The molecule has 0 bridgehead atoms. The number of benzene rings is 2. The van der Waals surface area contributed by atoms with Gasteiger partial charge in [-0.05, 0) is 56.6 Å². The van der Waals surface area contributed by atoms with Crippen LogP contribution in [0.3, 0.4) is 0 Å². The maximum absolute atomic E-state index is 14.1. The molecule has 7 nitrogen and oxygen atoms in total. The topological polar surface area (TPSA) is 87.7 Å². The first-order valence-electron chi connectivity index (χ1n) is 11.6. The molecule has 1 unspecified atom stereocenters. The molecule has 0 aromatic heterocycles. The molecule has 2 heterocycles. The van der Waals surface area contributed by atoms with Crippen LogP contribution in [0.15, 0.2) is 59.8 Å². The Balaban J connectivity index is 1.51. The number of ketones is 1. The van der Waals surface area contributed by atoms with Gasteiger partial charge in [0.25, 0.3) is 0 Å². The fraction of sp³-hybridized carbons (Fsp3) is 0.346. The molecule has 1 atom stereocenters. The average Bonchev–Trinajstić information content (AvgIpc) is 2.86. The molecule has 184 valence electrons. The van der Waals surface area contributed by atoms with Gasteiger partial charge in [-0.2, -0.15) is 0 Å². The summed E-state index contributed by atoms with van der Waals surface area (Å²) in [6.45, 7) is 3.17. The van der Waals surface area contributed by atoms with E-state index < -0.39 is 41.4 Å². The maximum atomic E-state index is 14.1. The van der Waals surface area contributed by atoms with Crippen molar-refractivity contribution in [3.05, 3.63) is 82.6 Å². The molecule has 0 radical (unpaired) electrons. The van der Waals surface area contributed by atoms with E-state index in [1.807, 2.05) is 35.2 Å². The Labute approximate surface area is 202 Å². The minimum atomic E-state index is -0.729. The summed E-state index contributed by atoms with van der Waals surface area (Å²) in [7, 11) is 0. The molecule has 2 aliphatic heterocycles. The van der Waals surface area contributed by atoms with Gasteiger partial charge in [0.15, 0.2) is 5.78 Å². The molecule has 1 fully saturated rings. The lowest BCUT2D eigenvalue weighted by molar-refractivity contribution is -0.139. The largest absolute Gasteiger partial charge is 0.463 e. The molecule has 2 N–H and O–H groups in total. The van der Waals surface area contributed by atoms with Crippen LogP contribution in [0.5, 0.6) is 0 Å². The summed E-state index contributed by atoms with van der Waals surface area (Å²) in [5.41, 5.74) is 1.30. The number of amides is 2. The van der Waals surface area contributed by atoms with Crippen LogP contribution in [-0.2, 0) is 9.53 Å². The van der Waals surface area contributed by atoms with Gasteiger partial charge in [0, 0.05) is 18.2 Å². The van der Waals surface area contributed by atoms with E-state index in [9.17, 15) is 23.2 Å². The standard InChI is InChI=1S/C26H27F2N3O4/c1-2-35-25(33)22-21(29-26(34)30-23(22)16-6-4-3-5-7-16)15-31-12-10-17(11-13-31)24(32)19-14-18(27)8-9-20(19)28/h3-9,14,17,23H,2,10-13,15H2,1H3,(H2,29,30,34). The van der Waals surface area contributed by atoms with E-state index in [-0.39, 0.29) is 18.7 Å². The number of nitrogens with one attached hydrogen (secondary N) is 2. The van der Waals surface area contributed by atoms with Gasteiger partial charge < -0.3 is 15.4 Å². The lowest BCUT2D eigenvalue weighted by atomic mass is 9.88. The van der Waals surface area contributed by atoms with Gasteiger partial charge in [-0.1, -0.05) is 30.3 Å². The van der Waals surface area contributed by atoms with Crippen LogP contribution < -0.4 is 10.6 Å². The molecule has 0 aliphatic carbocycles. The van der Waals surface area contributed by atoms with Crippen molar-refractivity contribution in [2.75, 3.05) is 26.2 Å². The molecule has 1 saturated heterocycles. The van der Waals surface area contributed by atoms with E-state index in [0.29, 0.717) is 37.2 Å². The SMILES string of the molecule is CCOC(=O)C1=C(CN2CCC(C(=O)c3cc(F)ccc3F)CC2)NC(=O)NC1c1ccccc1. The summed E-state index contributed by atoms with van der Waals surface area (Å²) in [6.07, 6.45) is 0.899. The number of likely N-dealkylation sites (tertiary alicyclic amines) is 1. The van der Waals surface area contributed by atoms with Crippen LogP contribution in [0.2, 0.25) is 0 Å². The van der Waals surface area contributed by atoms with Crippen LogP contribution in [0.25, 0.3) is 0 Å². The van der Waals surface area contributed by atoms with E-state index in [4.69, 9.17) is 4.74 Å². The second-order valence-electron chi connectivity index (χ2n) is 8.59. The number of carbonyl (C=O) groups excluding carboxylic acids is 3. The normalized spacial score (nSPS) is 19.2. The number of piperidine rings is 1. The minimum absolute atomic E-state index is 0.190. The molecule has 0 spiro atoms. The number of esters is 1. The zero-order chi connectivity index (χ0) is 24.9. The number of hydrogen-bond acceptors (Lipinski definition) is 5. The molecule has 0 saturated carbocycles. The monoisotopic (exact) mass is 483 g/mol. The Morgan fingerprint density at radius 1 is 1.09 bits per heavy atom. The third-order valence-electron chi connectivity index (χ3n) is 6.32. The Bertz CT molecular complexity index is 1140. The maximum Gasteiger partial charge on any atom is 0.338 e. The summed E-state index contributed by atoms with van der Waals surface area (Å²) in [5.74, 6) is -2.74. The molecular weight excluding hydrogens is 456 g/mol. The minimum Gasteiger partial charge on any atom is -0.463 e. The second-order valence-corrected chi connectivity index (χ2v) is 8.59. The van der Waals surface area contributed by atoms with Crippen LogP contribution in [0.4, 0.5) is 13.6 Å². The summed E-state index contributed by atoms with van der Waals surface area (Å²) in [4.78, 5) is 40.1. The third-order valence-corrected chi connectivity index (χ3v) is 6.32. The molecule has 2 aromatic rings. The van der Waals surface area contributed by atoms with Crippen molar-refractivity contribution in [3.63, 3.8) is 0 Å². The number of halogens is 2. The molecule has 2 aliphatic rings. The smallest absolute Gasteiger partial charge is 0.338 e. The van der Waals surface area contributed by atoms with Crippen LogP contribution >= 0.6 is 0 Å². The van der Waals surface area contributed by atoms with Crippen molar-refractivity contribution in [3.8, 4) is 0 Å². The first-order valence-corrected chi connectivity index (χ1v) is 11.6. The number of rotatable bonds is 7. The Morgan fingerprint density at radius 2 is 1.80 bits per heavy atom. The first-order chi connectivity index (χ1) is 16.9. The highest BCUT2D eigenvalue weighted by molar-refractivity contribution is 5.98. The predicted molar refractivity (Wildman–Crippen MR) is 124 cm³/mol. The lowest BCUT2D eigenvalue weighted by Gasteiger charge is -2.35. The average molecular weight is 484 g/mol. The Hall–Kier alpha value is -3.59. The fourth-order valence-electron chi connectivity index (χ4n) is 4.57. The van der Waals surface area contributed by atoms with Crippen molar-refractivity contribution < 1.29 is 27.9 Å². The van der Waals surface area contributed by atoms with Gasteiger partial charge in [-0.15, -0.1) is 0 Å². The molecule has 9 heteroatoms. The van der Waals surface area contributed by atoms with Gasteiger partial charge in [-0.25, -0.2) is 18.4 Å². The van der Waals surface area contributed by atoms with E-state index in [1.54, 1.807) is 6.92 Å². The van der Waals surface area contributed by atoms with Gasteiger partial charge in [-0.3, -0.25) is 9.69 Å². The van der Waals surface area contributed by atoms with Crippen molar-refractivity contribution in [2.24, 2.45) is 5.92 Å². The van der Waals surface area contributed by atoms with Gasteiger partial charge in [0.2, 0.25) is 0 Å². The van der Waals surface area contributed by atoms with Crippen molar-refractivity contribution in [2.45, 2.75) is 25.8 Å². The fourth-order valence-corrected chi connectivity index (χ4v) is 4.57. The van der Waals surface area contributed by atoms with Crippen molar-refractivity contribution >= 4 is 17.8 Å². The highest BCUT2D eigenvalue weighted by atomic mass is 19.1. The number of hydrogen-bond donors (Lipinski definition) is 2. The lowest BCUT2D eigenvalue weighted by Crippen LogP contribution is -2.49. The van der Waals surface area contributed by atoms with Crippen LogP contribution in [0, 0.1) is 17.6 Å². The van der Waals surface area contributed by atoms with Gasteiger partial charge in [0.05, 0.1) is 23.8 Å².